The molecule has 0 bridgehead atoms. The average molecular weight is 292 g/mol. The lowest BCUT2D eigenvalue weighted by atomic mass is 10.1. The highest BCUT2D eigenvalue weighted by molar-refractivity contribution is 5.91. The lowest BCUT2D eigenvalue weighted by Crippen LogP contribution is -2.21. The van der Waals surface area contributed by atoms with Crippen molar-refractivity contribution in [2.24, 2.45) is 0 Å². The van der Waals surface area contributed by atoms with E-state index in [1.54, 1.807) is 6.08 Å². The summed E-state index contributed by atoms with van der Waals surface area (Å²) in [5, 5.41) is 10.9. The maximum absolute atomic E-state index is 11.9. The minimum absolute atomic E-state index is 0.159. The Morgan fingerprint density at radius 3 is 2.82 bits per heavy atom. The van der Waals surface area contributed by atoms with Crippen LogP contribution in [-0.4, -0.2) is 20.5 Å². The fraction of sp³-hybridized carbons (Fsp3) is 0.118. The summed E-state index contributed by atoms with van der Waals surface area (Å²) >= 11 is 0. The van der Waals surface area contributed by atoms with Gasteiger partial charge in [0.2, 0.25) is 5.91 Å². The molecule has 3 aromatic rings. The Labute approximate surface area is 128 Å². The number of carbonyl (C=O) groups excluding carboxylic acids is 1. The zero-order chi connectivity index (χ0) is 15.4. The van der Waals surface area contributed by atoms with Crippen LogP contribution in [0.5, 0.6) is 0 Å². The van der Waals surface area contributed by atoms with Gasteiger partial charge in [0.1, 0.15) is 0 Å². The number of nitrogens with one attached hydrogen (secondary N) is 1. The molecule has 0 aliphatic heterocycles. The first-order valence-corrected chi connectivity index (χ1v) is 7.03. The van der Waals surface area contributed by atoms with Crippen molar-refractivity contribution in [3.8, 4) is 0 Å². The third kappa shape index (κ3) is 3.20. The molecule has 110 valence electrons. The van der Waals surface area contributed by atoms with E-state index in [-0.39, 0.29) is 5.91 Å². The minimum Gasteiger partial charge on any atom is -0.345 e. The van der Waals surface area contributed by atoms with Crippen molar-refractivity contribution in [3.63, 3.8) is 0 Å². The molecule has 0 atom stereocenters. The number of benzene rings is 1. The largest absolute Gasteiger partial charge is 0.345 e. The van der Waals surface area contributed by atoms with Gasteiger partial charge in [0.25, 0.3) is 0 Å². The van der Waals surface area contributed by atoms with Crippen LogP contribution >= 0.6 is 0 Å². The minimum atomic E-state index is -0.159. The van der Waals surface area contributed by atoms with E-state index in [1.807, 2.05) is 60.0 Å². The lowest BCUT2D eigenvalue weighted by Gasteiger charge is -2.01. The fourth-order valence-electron chi connectivity index (χ4n) is 2.09. The van der Waals surface area contributed by atoms with Gasteiger partial charge in [-0.2, -0.15) is 0 Å². The van der Waals surface area contributed by atoms with E-state index in [2.05, 4.69) is 15.5 Å². The summed E-state index contributed by atoms with van der Waals surface area (Å²) in [5.41, 5.74) is 2.95. The maximum Gasteiger partial charge on any atom is 0.244 e. The predicted octanol–water partition coefficient (Wildman–Crippen LogP) is 2.37. The number of nitrogens with zero attached hydrogens (tertiary/aromatic N) is 3. The maximum atomic E-state index is 11.9. The van der Waals surface area contributed by atoms with Crippen molar-refractivity contribution in [3.05, 3.63) is 71.7 Å². The number of fused-ring (bicyclic) bond motifs is 1. The number of aryl methyl sites for hydroxylation is 1. The highest BCUT2D eigenvalue weighted by Crippen LogP contribution is 2.05. The molecule has 0 aliphatic rings. The van der Waals surface area contributed by atoms with Crippen LogP contribution in [-0.2, 0) is 11.3 Å². The van der Waals surface area contributed by atoms with Crippen LogP contribution in [0.15, 0.2) is 54.7 Å². The van der Waals surface area contributed by atoms with Gasteiger partial charge < -0.3 is 5.32 Å². The van der Waals surface area contributed by atoms with Gasteiger partial charge in [0, 0.05) is 12.3 Å². The van der Waals surface area contributed by atoms with Gasteiger partial charge in [-0.1, -0.05) is 35.9 Å². The molecule has 0 radical (unpaired) electrons. The number of hydrogen-bond donors (Lipinski definition) is 1. The van der Waals surface area contributed by atoms with Crippen LogP contribution in [0.4, 0.5) is 0 Å². The molecule has 0 saturated heterocycles. The Morgan fingerprint density at radius 1 is 1.18 bits per heavy atom. The smallest absolute Gasteiger partial charge is 0.244 e. The van der Waals surface area contributed by atoms with Crippen molar-refractivity contribution in [2.45, 2.75) is 13.5 Å². The highest BCUT2D eigenvalue weighted by atomic mass is 16.1. The second-order valence-corrected chi connectivity index (χ2v) is 5.01. The molecule has 5 nitrogen and oxygen atoms in total. The zero-order valence-electron chi connectivity index (χ0n) is 12.2. The number of pyridine rings is 1. The van der Waals surface area contributed by atoms with Gasteiger partial charge in [-0.05, 0) is 30.7 Å². The number of aromatic nitrogens is 3. The van der Waals surface area contributed by atoms with Crippen molar-refractivity contribution >= 4 is 17.6 Å². The quantitative estimate of drug-likeness (QED) is 0.751. The van der Waals surface area contributed by atoms with Crippen molar-refractivity contribution in [1.29, 1.82) is 0 Å². The molecule has 0 aliphatic carbocycles. The van der Waals surface area contributed by atoms with E-state index in [9.17, 15) is 4.79 Å². The molecule has 0 unspecified atom stereocenters. The van der Waals surface area contributed by atoms with Gasteiger partial charge in [-0.25, -0.2) is 0 Å². The molecular weight excluding hydrogens is 276 g/mol. The van der Waals surface area contributed by atoms with Crippen molar-refractivity contribution in [1.82, 2.24) is 19.9 Å². The van der Waals surface area contributed by atoms with Gasteiger partial charge in [-0.3, -0.25) is 9.20 Å². The number of rotatable bonds is 4. The third-order valence-electron chi connectivity index (χ3n) is 3.31. The lowest BCUT2D eigenvalue weighted by molar-refractivity contribution is -0.116. The molecule has 22 heavy (non-hydrogen) atoms. The number of carbonyl (C=O) groups is 1. The van der Waals surface area contributed by atoms with E-state index < -0.39 is 0 Å². The molecule has 3 rings (SSSR count). The predicted molar refractivity (Wildman–Crippen MR) is 85.0 cm³/mol. The first-order chi connectivity index (χ1) is 10.7. The Kier molecular flexibility index (Phi) is 3.96. The van der Waals surface area contributed by atoms with Crippen LogP contribution in [0.3, 0.4) is 0 Å². The molecule has 2 heterocycles. The molecule has 2 aromatic heterocycles. The topological polar surface area (TPSA) is 59.3 Å². The first kappa shape index (κ1) is 14.0. The summed E-state index contributed by atoms with van der Waals surface area (Å²) in [7, 11) is 0. The number of amides is 1. The Hall–Kier alpha value is -2.95. The highest BCUT2D eigenvalue weighted by Gasteiger charge is 2.05. The summed E-state index contributed by atoms with van der Waals surface area (Å²) in [6.07, 6.45) is 5.18. The summed E-state index contributed by atoms with van der Waals surface area (Å²) in [6, 6.07) is 13.7. The van der Waals surface area contributed by atoms with E-state index in [0.717, 1.165) is 11.2 Å². The zero-order valence-corrected chi connectivity index (χ0v) is 12.2. The van der Waals surface area contributed by atoms with Crippen LogP contribution in [0.25, 0.3) is 11.7 Å². The average Bonchev–Trinajstić information content (AvgIpc) is 2.96. The molecule has 0 spiro atoms. The number of hydrogen-bond acceptors (Lipinski definition) is 3. The van der Waals surface area contributed by atoms with Crippen LogP contribution < -0.4 is 5.32 Å². The molecule has 0 saturated carbocycles. The van der Waals surface area contributed by atoms with Crippen molar-refractivity contribution in [2.75, 3.05) is 0 Å². The standard InChI is InChI=1S/C17H16N4O/c1-13-5-7-14(8-6-13)9-10-17(22)18-12-16-20-19-15-4-2-3-11-21(15)16/h2-11H,12H2,1H3,(H,18,22). The monoisotopic (exact) mass is 292 g/mol. The van der Waals surface area contributed by atoms with Gasteiger partial charge in [-0.15, -0.1) is 10.2 Å². The Morgan fingerprint density at radius 2 is 2.00 bits per heavy atom. The SMILES string of the molecule is Cc1ccc(C=CC(=O)NCc2nnc3ccccn23)cc1. The fourth-order valence-corrected chi connectivity index (χ4v) is 2.09. The van der Waals surface area contributed by atoms with E-state index in [1.165, 1.54) is 11.6 Å². The first-order valence-electron chi connectivity index (χ1n) is 7.03. The summed E-state index contributed by atoms with van der Waals surface area (Å²) in [5.74, 6) is 0.543. The normalized spacial score (nSPS) is 11.1. The van der Waals surface area contributed by atoms with Gasteiger partial charge in [0.15, 0.2) is 11.5 Å². The molecule has 1 aromatic carbocycles. The third-order valence-corrected chi connectivity index (χ3v) is 3.31. The van der Waals surface area contributed by atoms with Gasteiger partial charge >= 0.3 is 0 Å². The van der Waals surface area contributed by atoms with E-state index in [4.69, 9.17) is 0 Å². The Balaban J connectivity index is 1.61. The van der Waals surface area contributed by atoms with Crippen LogP contribution in [0, 0.1) is 6.92 Å². The van der Waals surface area contributed by atoms with Crippen LogP contribution in [0.2, 0.25) is 0 Å². The second kappa shape index (κ2) is 6.22. The van der Waals surface area contributed by atoms with Crippen LogP contribution in [0.1, 0.15) is 17.0 Å². The molecule has 5 heteroatoms. The summed E-state index contributed by atoms with van der Waals surface area (Å²) < 4.78 is 1.85. The molecule has 0 fully saturated rings. The summed E-state index contributed by atoms with van der Waals surface area (Å²) in [6.45, 7) is 2.37. The summed E-state index contributed by atoms with van der Waals surface area (Å²) in [4.78, 5) is 11.9. The molecule has 1 N–H and O–H groups in total. The molecular formula is C17H16N4O. The Bertz CT molecular complexity index is 818. The van der Waals surface area contributed by atoms with E-state index in [0.29, 0.717) is 12.4 Å². The van der Waals surface area contributed by atoms with E-state index >= 15 is 0 Å². The molecule has 1 amide bonds. The van der Waals surface area contributed by atoms with Crippen molar-refractivity contribution < 1.29 is 4.79 Å². The second-order valence-electron chi connectivity index (χ2n) is 5.01. The van der Waals surface area contributed by atoms with Gasteiger partial charge in [0.05, 0.1) is 6.54 Å².